The number of alkyl halides is 3. The Morgan fingerprint density at radius 3 is 2.56 bits per heavy atom. The summed E-state index contributed by atoms with van der Waals surface area (Å²) in [4.78, 5) is 12.3. The van der Waals surface area contributed by atoms with Crippen LogP contribution in [0.1, 0.15) is 27.4 Å². The Kier molecular flexibility index (Phi) is 4.97. The van der Waals surface area contributed by atoms with Crippen molar-refractivity contribution in [2.24, 2.45) is 7.05 Å². The Bertz CT molecular complexity index is 993. The first-order valence-corrected chi connectivity index (χ1v) is 8.23. The van der Waals surface area contributed by atoms with Gasteiger partial charge in [-0.1, -0.05) is 29.8 Å². The number of carbonyl (C=O) groups excluding carboxylic acids is 1. The maximum atomic E-state index is 12.7. The van der Waals surface area contributed by atoms with Crippen LogP contribution in [0.15, 0.2) is 36.4 Å². The summed E-state index contributed by atoms with van der Waals surface area (Å²) in [6, 6.07) is 9.60. The lowest BCUT2D eigenvalue weighted by Gasteiger charge is -2.06. The van der Waals surface area contributed by atoms with Gasteiger partial charge in [0.2, 0.25) is 0 Å². The lowest BCUT2D eigenvalue weighted by Crippen LogP contribution is -2.16. The third-order valence-electron chi connectivity index (χ3n) is 3.90. The van der Waals surface area contributed by atoms with Crippen LogP contribution in [0.5, 0.6) is 0 Å². The van der Waals surface area contributed by atoms with Crippen LogP contribution in [0, 0.1) is 6.92 Å². The number of nitrogens with zero attached hydrogens (tertiary/aromatic N) is 4. The molecule has 0 bridgehead atoms. The van der Waals surface area contributed by atoms with Crippen molar-refractivity contribution in [1.82, 2.24) is 19.6 Å². The van der Waals surface area contributed by atoms with Gasteiger partial charge in [-0.05, 0) is 18.6 Å². The van der Waals surface area contributed by atoms with Crippen LogP contribution in [0.2, 0.25) is 5.02 Å². The van der Waals surface area contributed by atoms with Crippen molar-refractivity contribution >= 4 is 23.3 Å². The minimum absolute atomic E-state index is 0.222. The first kappa shape index (κ1) is 19.0. The molecular formula is C17H15ClF3N5O. The number of hydrogen-bond acceptors (Lipinski definition) is 3. The highest BCUT2D eigenvalue weighted by atomic mass is 35.5. The van der Waals surface area contributed by atoms with Gasteiger partial charge in [-0.2, -0.15) is 23.4 Å². The van der Waals surface area contributed by atoms with Crippen LogP contribution in [0.4, 0.5) is 19.0 Å². The van der Waals surface area contributed by atoms with E-state index in [-0.39, 0.29) is 11.5 Å². The molecule has 0 aliphatic heterocycles. The molecule has 1 amide bonds. The number of halogens is 4. The highest BCUT2D eigenvalue weighted by Gasteiger charge is 2.35. The fourth-order valence-corrected chi connectivity index (χ4v) is 2.71. The highest BCUT2D eigenvalue weighted by molar-refractivity contribution is 6.31. The average Bonchev–Trinajstić information content (AvgIpc) is 3.12. The monoisotopic (exact) mass is 397 g/mol. The second kappa shape index (κ2) is 7.07. The molecule has 0 aliphatic carbocycles. The van der Waals surface area contributed by atoms with Gasteiger partial charge in [0.1, 0.15) is 5.69 Å². The van der Waals surface area contributed by atoms with Crippen molar-refractivity contribution in [3.63, 3.8) is 0 Å². The maximum absolute atomic E-state index is 12.7. The van der Waals surface area contributed by atoms with Gasteiger partial charge in [0.15, 0.2) is 11.5 Å². The topological polar surface area (TPSA) is 64.7 Å². The molecule has 2 heterocycles. The van der Waals surface area contributed by atoms with Crippen molar-refractivity contribution in [1.29, 1.82) is 0 Å². The van der Waals surface area contributed by atoms with Crippen LogP contribution in [0.3, 0.4) is 0 Å². The maximum Gasteiger partial charge on any atom is 0.435 e. The summed E-state index contributed by atoms with van der Waals surface area (Å²) in [5.74, 6) is -0.512. The number of hydrogen-bond donors (Lipinski definition) is 1. The van der Waals surface area contributed by atoms with Gasteiger partial charge in [0, 0.05) is 29.9 Å². The smallest absolute Gasteiger partial charge is 0.304 e. The van der Waals surface area contributed by atoms with E-state index in [9.17, 15) is 18.0 Å². The molecule has 0 saturated heterocycles. The molecule has 0 fully saturated rings. The number of amides is 1. The number of anilines is 1. The van der Waals surface area contributed by atoms with Gasteiger partial charge in [-0.3, -0.25) is 14.2 Å². The van der Waals surface area contributed by atoms with E-state index in [0.29, 0.717) is 17.6 Å². The summed E-state index contributed by atoms with van der Waals surface area (Å²) < 4.78 is 40.7. The molecule has 0 radical (unpaired) electrons. The third kappa shape index (κ3) is 4.13. The normalized spacial score (nSPS) is 11.6. The average molecular weight is 398 g/mol. The number of nitrogens with one attached hydrogen (secondary N) is 1. The Labute approximate surface area is 157 Å². The van der Waals surface area contributed by atoms with Gasteiger partial charge in [-0.15, -0.1) is 0 Å². The van der Waals surface area contributed by atoms with Crippen molar-refractivity contribution < 1.29 is 18.0 Å². The number of aryl methyl sites for hydroxylation is 2. The molecule has 27 heavy (non-hydrogen) atoms. The summed E-state index contributed by atoms with van der Waals surface area (Å²) in [5, 5.41) is 10.7. The van der Waals surface area contributed by atoms with E-state index in [1.807, 2.05) is 18.2 Å². The van der Waals surface area contributed by atoms with Gasteiger partial charge >= 0.3 is 6.18 Å². The second-order valence-corrected chi connectivity index (χ2v) is 6.32. The molecule has 3 aromatic rings. The molecule has 2 aromatic heterocycles. The zero-order chi connectivity index (χ0) is 19.8. The molecule has 0 aliphatic rings. The fraction of sp³-hybridized carbons (Fsp3) is 0.235. The predicted molar refractivity (Wildman–Crippen MR) is 93.7 cm³/mol. The lowest BCUT2D eigenvalue weighted by atomic mass is 10.2. The van der Waals surface area contributed by atoms with Crippen LogP contribution in [-0.2, 0) is 19.8 Å². The van der Waals surface area contributed by atoms with Crippen LogP contribution in [0.25, 0.3) is 0 Å². The van der Waals surface area contributed by atoms with Crippen LogP contribution in [-0.4, -0.2) is 25.5 Å². The standard InChI is InChI=1S/C17H15ClF3N5O/c1-10-7-15(24-26(10)9-11-5-3-4-6-12(11)18)22-16(27)13-8-14(17(19,20)21)23-25(13)2/h3-8H,9H2,1-2H3,(H,22,24,27). The summed E-state index contributed by atoms with van der Waals surface area (Å²) in [6.07, 6.45) is -4.62. The van der Waals surface area contributed by atoms with Crippen LogP contribution < -0.4 is 5.32 Å². The Morgan fingerprint density at radius 2 is 1.93 bits per heavy atom. The van der Waals surface area contributed by atoms with Crippen LogP contribution >= 0.6 is 11.6 Å². The second-order valence-electron chi connectivity index (χ2n) is 5.91. The first-order valence-electron chi connectivity index (χ1n) is 7.85. The van der Waals surface area contributed by atoms with Crippen molar-refractivity contribution in [2.75, 3.05) is 5.32 Å². The largest absolute Gasteiger partial charge is 0.435 e. The third-order valence-corrected chi connectivity index (χ3v) is 4.27. The van der Waals surface area contributed by atoms with Gasteiger partial charge < -0.3 is 5.32 Å². The quantitative estimate of drug-likeness (QED) is 0.726. The molecule has 0 unspecified atom stereocenters. The van der Waals surface area contributed by atoms with Crippen molar-refractivity contribution in [3.8, 4) is 0 Å². The SMILES string of the molecule is Cc1cc(NC(=O)c2cc(C(F)(F)F)nn2C)nn1Cc1ccccc1Cl. The van der Waals surface area contributed by atoms with E-state index >= 15 is 0 Å². The van der Waals surface area contributed by atoms with Gasteiger partial charge in [0.05, 0.1) is 6.54 Å². The number of benzene rings is 1. The fourth-order valence-electron chi connectivity index (χ4n) is 2.52. The molecule has 1 N–H and O–H groups in total. The molecular weight excluding hydrogens is 383 g/mol. The molecule has 10 heteroatoms. The van der Waals surface area contributed by atoms with E-state index in [0.717, 1.165) is 15.9 Å². The Morgan fingerprint density at radius 1 is 1.22 bits per heavy atom. The van der Waals surface area contributed by atoms with E-state index in [1.54, 1.807) is 23.7 Å². The lowest BCUT2D eigenvalue weighted by molar-refractivity contribution is -0.141. The molecule has 6 nitrogen and oxygen atoms in total. The molecule has 0 saturated carbocycles. The molecule has 0 spiro atoms. The minimum atomic E-state index is -4.62. The summed E-state index contributed by atoms with van der Waals surface area (Å²) >= 11 is 6.14. The highest BCUT2D eigenvalue weighted by Crippen LogP contribution is 2.28. The molecule has 0 atom stereocenters. The molecule has 142 valence electrons. The summed E-state index contributed by atoms with van der Waals surface area (Å²) in [7, 11) is 1.27. The van der Waals surface area contributed by atoms with Gasteiger partial charge in [0.25, 0.3) is 5.91 Å². The number of carbonyl (C=O) groups is 1. The minimum Gasteiger partial charge on any atom is -0.304 e. The van der Waals surface area contributed by atoms with E-state index in [4.69, 9.17) is 11.6 Å². The van der Waals surface area contributed by atoms with Crippen molar-refractivity contribution in [3.05, 3.63) is 64.1 Å². The molecule has 1 aromatic carbocycles. The van der Waals surface area contributed by atoms with Gasteiger partial charge in [-0.25, -0.2) is 0 Å². The summed E-state index contributed by atoms with van der Waals surface area (Å²) in [5.41, 5.74) is 0.257. The zero-order valence-electron chi connectivity index (χ0n) is 14.4. The number of aromatic nitrogens is 4. The number of rotatable bonds is 4. The molecule has 3 rings (SSSR count). The van der Waals surface area contributed by atoms with E-state index in [2.05, 4.69) is 15.5 Å². The van der Waals surface area contributed by atoms with E-state index < -0.39 is 17.8 Å². The Balaban J connectivity index is 1.78. The van der Waals surface area contributed by atoms with E-state index in [1.165, 1.54) is 7.05 Å². The Hall–Kier alpha value is -2.81. The van der Waals surface area contributed by atoms with Crippen molar-refractivity contribution in [2.45, 2.75) is 19.6 Å². The predicted octanol–water partition coefficient (Wildman–Crippen LogP) is 3.90. The zero-order valence-corrected chi connectivity index (χ0v) is 15.1. The summed E-state index contributed by atoms with van der Waals surface area (Å²) in [6.45, 7) is 2.19. The first-order chi connectivity index (χ1) is 12.6.